The molecule has 0 spiro atoms. The summed E-state index contributed by atoms with van der Waals surface area (Å²) in [7, 11) is 0. The molecule has 1 aliphatic heterocycles. The van der Waals surface area contributed by atoms with E-state index < -0.39 is 11.8 Å². The van der Waals surface area contributed by atoms with E-state index in [1.54, 1.807) is 36.4 Å². The first-order valence-corrected chi connectivity index (χ1v) is 8.82. The highest BCUT2D eigenvalue weighted by molar-refractivity contribution is 8.18. The first-order chi connectivity index (χ1) is 13.0. The van der Waals surface area contributed by atoms with Gasteiger partial charge in [0.05, 0.1) is 23.6 Å². The molecule has 1 amide bonds. The van der Waals surface area contributed by atoms with Crippen LogP contribution >= 0.6 is 11.8 Å². The number of nitrogens with zero attached hydrogens (tertiary/aromatic N) is 1. The third-order valence-corrected chi connectivity index (χ3v) is 4.38. The van der Waals surface area contributed by atoms with Gasteiger partial charge in [0.1, 0.15) is 11.6 Å². The highest BCUT2D eigenvalue weighted by atomic mass is 32.2. The Hall–Kier alpha value is -3.13. The van der Waals surface area contributed by atoms with E-state index in [2.05, 4.69) is 10.3 Å². The van der Waals surface area contributed by atoms with Crippen LogP contribution in [-0.4, -0.2) is 28.8 Å². The molecule has 0 radical (unpaired) electrons. The van der Waals surface area contributed by atoms with Crippen molar-refractivity contribution in [3.05, 3.63) is 64.8 Å². The first-order valence-electron chi connectivity index (χ1n) is 8.00. The van der Waals surface area contributed by atoms with E-state index in [0.29, 0.717) is 27.1 Å². The summed E-state index contributed by atoms with van der Waals surface area (Å²) in [6.07, 6.45) is 1.52. The van der Waals surface area contributed by atoms with Gasteiger partial charge in [0.2, 0.25) is 0 Å². The molecule has 1 fully saturated rings. The quantitative estimate of drug-likeness (QED) is 0.741. The van der Waals surface area contributed by atoms with Crippen molar-refractivity contribution >= 4 is 40.6 Å². The predicted octanol–water partition coefficient (Wildman–Crippen LogP) is 3.57. The molecule has 0 unspecified atom stereocenters. The van der Waals surface area contributed by atoms with Crippen LogP contribution in [0.25, 0.3) is 6.08 Å². The van der Waals surface area contributed by atoms with E-state index in [1.807, 2.05) is 0 Å². The zero-order valence-corrected chi connectivity index (χ0v) is 14.8. The number of aliphatic imine (C=N–C) groups is 1. The second-order valence-electron chi connectivity index (χ2n) is 5.49. The van der Waals surface area contributed by atoms with E-state index in [-0.39, 0.29) is 18.9 Å². The summed E-state index contributed by atoms with van der Waals surface area (Å²) in [6.45, 7) is 0.0289. The molecule has 0 bridgehead atoms. The number of amidine groups is 1. The molecule has 138 valence electrons. The highest BCUT2D eigenvalue weighted by Gasteiger charge is 2.24. The van der Waals surface area contributed by atoms with Gasteiger partial charge in [-0.3, -0.25) is 9.59 Å². The number of rotatable bonds is 6. The van der Waals surface area contributed by atoms with Crippen LogP contribution < -0.4 is 10.1 Å². The van der Waals surface area contributed by atoms with Gasteiger partial charge < -0.3 is 15.2 Å². The number of carboxylic acids is 1. The third kappa shape index (κ3) is 5.18. The van der Waals surface area contributed by atoms with Crippen LogP contribution in [0.2, 0.25) is 0 Å². The fourth-order valence-corrected chi connectivity index (χ4v) is 3.10. The molecule has 6 nitrogen and oxygen atoms in total. The van der Waals surface area contributed by atoms with Gasteiger partial charge >= 0.3 is 5.97 Å². The van der Waals surface area contributed by atoms with Crippen LogP contribution in [0.1, 0.15) is 12.0 Å². The number of benzene rings is 2. The molecule has 0 atom stereocenters. The van der Waals surface area contributed by atoms with Crippen molar-refractivity contribution < 1.29 is 23.8 Å². The number of hydrogen-bond donors (Lipinski definition) is 2. The normalized spacial score (nSPS) is 16.6. The molecule has 0 aromatic heterocycles. The number of aliphatic carboxylic acids is 1. The Morgan fingerprint density at radius 3 is 2.85 bits per heavy atom. The second kappa shape index (κ2) is 8.50. The van der Waals surface area contributed by atoms with Crippen molar-refractivity contribution in [3.63, 3.8) is 0 Å². The van der Waals surface area contributed by atoms with Gasteiger partial charge in [-0.15, -0.1) is 0 Å². The molecule has 27 heavy (non-hydrogen) atoms. The Bertz CT molecular complexity index is 943. The van der Waals surface area contributed by atoms with Crippen LogP contribution in [0.4, 0.5) is 10.1 Å². The monoisotopic (exact) mass is 386 g/mol. The van der Waals surface area contributed by atoms with Crippen LogP contribution in [0.3, 0.4) is 0 Å². The molecule has 1 aliphatic rings. The number of carbonyl (C=O) groups excluding carboxylic acids is 1. The Labute approximate surface area is 158 Å². The molecule has 2 aromatic carbocycles. The molecular weight excluding hydrogens is 371 g/mol. The van der Waals surface area contributed by atoms with Crippen molar-refractivity contribution in [2.75, 3.05) is 6.61 Å². The van der Waals surface area contributed by atoms with Gasteiger partial charge in [0.25, 0.3) is 5.91 Å². The van der Waals surface area contributed by atoms with Crippen molar-refractivity contribution in [3.8, 4) is 5.75 Å². The van der Waals surface area contributed by atoms with Crippen molar-refractivity contribution in [2.45, 2.75) is 6.42 Å². The third-order valence-electron chi connectivity index (χ3n) is 3.47. The summed E-state index contributed by atoms with van der Waals surface area (Å²) < 4.78 is 18.7. The Balaban J connectivity index is 1.78. The second-order valence-corrected chi connectivity index (χ2v) is 6.52. The van der Waals surface area contributed by atoms with Gasteiger partial charge in [-0.05, 0) is 42.1 Å². The first kappa shape index (κ1) is 18.7. The fraction of sp³-hybridized carbons (Fsp3) is 0.105. The van der Waals surface area contributed by atoms with Crippen LogP contribution in [-0.2, 0) is 9.59 Å². The molecule has 1 heterocycles. The number of carbonyl (C=O) groups is 2. The standard InChI is InChI=1S/C19H15FN2O4S/c20-13-5-3-6-14(11-13)21-19-22-18(25)16(27-19)10-12-4-1-2-7-15(12)26-9-8-17(23)24/h1-7,10-11H,8-9H2,(H,23,24)(H,21,22,25)/b16-10+. The van der Waals surface area contributed by atoms with E-state index >= 15 is 0 Å². The van der Waals surface area contributed by atoms with E-state index in [0.717, 1.165) is 11.8 Å². The molecule has 2 aromatic rings. The van der Waals surface area contributed by atoms with Gasteiger partial charge in [-0.1, -0.05) is 24.3 Å². The lowest BCUT2D eigenvalue weighted by molar-refractivity contribution is -0.137. The van der Waals surface area contributed by atoms with Crippen LogP contribution in [0.5, 0.6) is 5.75 Å². The molecule has 1 saturated heterocycles. The van der Waals surface area contributed by atoms with Crippen molar-refractivity contribution in [2.24, 2.45) is 4.99 Å². The maximum absolute atomic E-state index is 13.3. The number of amides is 1. The number of nitrogens with one attached hydrogen (secondary N) is 1. The average Bonchev–Trinajstić information content (AvgIpc) is 2.95. The maximum Gasteiger partial charge on any atom is 0.306 e. The van der Waals surface area contributed by atoms with Gasteiger partial charge in [0.15, 0.2) is 5.17 Å². The highest BCUT2D eigenvalue weighted by Crippen LogP contribution is 2.30. The minimum Gasteiger partial charge on any atom is -0.492 e. The summed E-state index contributed by atoms with van der Waals surface area (Å²) in [5.74, 6) is -1.20. The van der Waals surface area contributed by atoms with Gasteiger partial charge in [-0.25, -0.2) is 9.38 Å². The van der Waals surface area contributed by atoms with Gasteiger partial charge in [-0.2, -0.15) is 0 Å². The van der Waals surface area contributed by atoms with Crippen LogP contribution in [0.15, 0.2) is 58.4 Å². The lowest BCUT2D eigenvalue weighted by Crippen LogP contribution is -2.19. The molecule has 0 aliphatic carbocycles. The molecule has 0 saturated carbocycles. The molecule has 8 heteroatoms. The predicted molar refractivity (Wildman–Crippen MR) is 101 cm³/mol. The minimum absolute atomic E-state index is 0.0289. The Morgan fingerprint density at radius 2 is 2.07 bits per heavy atom. The smallest absolute Gasteiger partial charge is 0.306 e. The number of thioether (sulfide) groups is 1. The summed E-state index contributed by atoms with van der Waals surface area (Å²) >= 11 is 1.13. The topological polar surface area (TPSA) is 88.0 Å². The lowest BCUT2D eigenvalue weighted by atomic mass is 10.2. The fourth-order valence-electron chi connectivity index (χ4n) is 2.26. The summed E-state index contributed by atoms with van der Waals surface area (Å²) in [6, 6.07) is 12.8. The zero-order chi connectivity index (χ0) is 19.2. The summed E-state index contributed by atoms with van der Waals surface area (Å²) in [4.78, 5) is 27.4. The van der Waals surface area contributed by atoms with E-state index in [1.165, 1.54) is 18.2 Å². The zero-order valence-electron chi connectivity index (χ0n) is 14.0. The number of ether oxygens (including phenoxy) is 1. The van der Waals surface area contributed by atoms with Gasteiger partial charge in [0, 0.05) is 5.56 Å². The van der Waals surface area contributed by atoms with E-state index in [9.17, 15) is 14.0 Å². The number of carboxylic acid groups (broad SMARTS) is 1. The Kier molecular flexibility index (Phi) is 5.87. The number of halogens is 1. The van der Waals surface area contributed by atoms with Crippen LogP contribution in [0, 0.1) is 5.82 Å². The Morgan fingerprint density at radius 1 is 1.26 bits per heavy atom. The SMILES string of the molecule is O=C(O)CCOc1ccccc1/C=C1/SC(=Nc2cccc(F)c2)NC1=O. The largest absolute Gasteiger partial charge is 0.492 e. The van der Waals surface area contributed by atoms with Crippen molar-refractivity contribution in [1.82, 2.24) is 5.32 Å². The summed E-state index contributed by atoms with van der Waals surface area (Å²) in [5.41, 5.74) is 1.05. The van der Waals surface area contributed by atoms with Crippen molar-refractivity contribution in [1.29, 1.82) is 0 Å². The minimum atomic E-state index is -0.949. The average molecular weight is 386 g/mol. The maximum atomic E-state index is 13.3. The molecule has 2 N–H and O–H groups in total. The summed E-state index contributed by atoms with van der Waals surface area (Å²) in [5, 5.41) is 11.7. The number of hydrogen-bond acceptors (Lipinski definition) is 5. The van der Waals surface area contributed by atoms with E-state index in [4.69, 9.17) is 9.84 Å². The number of para-hydroxylation sites is 1. The molecular formula is C19H15FN2O4S. The molecule has 3 rings (SSSR count). The lowest BCUT2D eigenvalue weighted by Gasteiger charge is -2.08.